The standard InChI is InChI=1S/C16H19N3OS/c1-13(8-9-14-6-3-2-4-7-14)19-15(20)12-21-16-17-10-5-11-18-16/h2-7,10-11,13H,8-9,12H2,1H3,(H,19,20)/t13-/m0/s1. The normalized spacial score (nSPS) is 11.9. The molecule has 0 saturated carbocycles. The molecule has 0 radical (unpaired) electrons. The second kappa shape index (κ2) is 8.42. The van der Waals surface area contributed by atoms with Gasteiger partial charge in [-0.05, 0) is 31.4 Å². The summed E-state index contributed by atoms with van der Waals surface area (Å²) in [5.74, 6) is 0.368. The number of aryl methyl sites for hydroxylation is 1. The lowest BCUT2D eigenvalue weighted by Crippen LogP contribution is -2.34. The lowest BCUT2D eigenvalue weighted by atomic mass is 10.1. The maximum Gasteiger partial charge on any atom is 0.230 e. The second-order valence-electron chi connectivity index (χ2n) is 4.81. The predicted molar refractivity (Wildman–Crippen MR) is 85.1 cm³/mol. The van der Waals surface area contributed by atoms with Gasteiger partial charge in [0.2, 0.25) is 5.91 Å². The molecule has 2 aromatic rings. The molecule has 0 saturated heterocycles. The number of amides is 1. The molecule has 0 aliphatic heterocycles. The number of benzene rings is 1. The van der Waals surface area contributed by atoms with E-state index in [1.807, 2.05) is 25.1 Å². The monoisotopic (exact) mass is 301 g/mol. The summed E-state index contributed by atoms with van der Waals surface area (Å²) in [4.78, 5) is 20.0. The summed E-state index contributed by atoms with van der Waals surface area (Å²) in [5.41, 5.74) is 1.30. The third-order valence-corrected chi connectivity index (χ3v) is 3.87. The minimum atomic E-state index is 0.0213. The first-order chi connectivity index (χ1) is 10.2. The van der Waals surface area contributed by atoms with Crippen LogP contribution in [0.4, 0.5) is 0 Å². The van der Waals surface area contributed by atoms with E-state index in [0.29, 0.717) is 10.9 Å². The van der Waals surface area contributed by atoms with E-state index in [9.17, 15) is 4.79 Å². The molecule has 1 heterocycles. The molecular formula is C16H19N3OS. The van der Waals surface area contributed by atoms with E-state index in [4.69, 9.17) is 0 Å². The average molecular weight is 301 g/mol. The number of nitrogens with zero attached hydrogens (tertiary/aromatic N) is 2. The average Bonchev–Trinajstić information content (AvgIpc) is 2.53. The van der Waals surface area contributed by atoms with Crippen LogP contribution in [0.2, 0.25) is 0 Å². The third-order valence-electron chi connectivity index (χ3n) is 2.99. The van der Waals surface area contributed by atoms with E-state index >= 15 is 0 Å². The van der Waals surface area contributed by atoms with Gasteiger partial charge in [-0.2, -0.15) is 0 Å². The summed E-state index contributed by atoms with van der Waals surface area (Å²) in [6.45, 7) is 2.03. The number of nitrogens with one attached hydrogen (secondary N) is 1. The first-order valence-corrected chi connectivity index (χ1v) is 7.95. The van der Waals surface area contributed by atoms with Gasteiger partial charge >= 0.3 is 0 Å². The van der Waals surface area contributed by atoms with Crippen LogP contribution in [0.3, 0.4) is 0 Å². The van der Waals surface area contributed by atoms with Crippen molar-refractivity contribution in [2.45, 2.75) is 31.0 Å². The summed E-state index contributed by atoms with van der Waals surface area (Å²) in [6.07, 6.45) is 5.25. The minimum Gasteiger partial charge on any atom is -0.353 e. The molecule has 1 aromatic heterocycles. The topological polar surface area (TPSA) is 54.9 Å². The number of hydrogen-bond acceptors (Lipinski definition) is 4. The summed E-state index contributed by atoms with van der Waals surface area (Å²) >= 11 is 1.35. The Morgan fingerprint density at radius 2 is 1.90 bits per heavy atom. The fourth-order valence-corrected chi connectivity index (χ4v) is 2.52. The van der Waals surface area contributed by atoms with E-state index in [1.165, 1.54) is 17.3 Å². The second-order valence-corrected chi connectivity index (χ2v) is 5.76. The summed E-state index contributed by atoms with van der Waals surface area (Å²) in [7, 11) is 0. The van der Waals surface area contributed by atoms with Crippen LogP contribution in [-0.2, 0) is 11.2 Å². The molecule has 110 valence electrons. The van der Waals surface area contributed by atoms with E-state index in [1.54, 1.807) is 18.5 Å². The van der Waals surface area contributed by atoms with Crippen LogP contribution in [0.15, 0.2) is 53.9 Å². The van der Waals surface area contributed by atoms with E-state index in [-0.39, 0.29) is 11.9 Å². The molecule has 0 aliphatic rings. The Hall–Kier alpha value is -1.88. The first-order valence-electron chi connectivity index (χ1n) is 6.97. The highest BCUT2D eigenvalue weighted by atomic mass is 32.2. The molecule has 4 nitrogen and oxygen atoms in total. The van der Waals surface area contributed by atoms with Crippen LogP contribution in [0.25, 0.3) is 0 Å². The SMILES string of the molecule is C[C@@H](CCc1ccccc1)NC(=O)CSc1ncccn1. The van der Waals surface area contributed by atoms with Crippen LogP contribution in [0, 0.1) is 0 Å². The Bertz CT molecular complexity index is 548. The van der Waals surface area contributed by atoms with Crippen molar-refractivity contribution in [1.29, 1.82) is 0 Å². The lowest BCUT2D eigenvalue weighted by molar-refractivity contribution is -0.119. The van der Waals surface area contributed by atoms with Gasteiger partial charge in [0.1, 0.15) is 0 Å². The van der Waals surface area contributed by atoms with E-state index in [2.05, 4.69) is 27.4 Å². The zero-order chi connectivity index (χ0) is 14.9. The van der Waals surface area contributed by atoms with Crippen LogP contribution >= 0.6 is 11.8 Å². The molecule has 2 rings (SSSR count). The number of hydrogen-bond donors (Lipinski definition) is 1. The van der Waals surface area contributed by atoms with Crippen LogP contribution in [0.1, 0.15) is 18.9 Å². The van der Waals surface area contributed by atoms with Crippen LogP contribution in [0.5, 0.6) is 0 Å². The van der Waals surface area contributed by atoms with Gasteiger partial charge in [0.05, 0.1) is 5.75 Å². The molecule has 1 N–H and O–H groups in total. The minimum absolute atomic E-state index is 0.0213. The number of rotatable bonds is 7. The summed E-state index contributed by atoms with van der Waals surface area (Å²) in [5, 5.41) is 3.63. The molecule has 1 atom stereocenters. The maximum absolute atomic E-state index is 11.9. The molecule has 21 heavy (non-hydrogen) atoms. The van der Waals surface area contributed by atoms with Gasteiger partial charge in [0.15, 0.2) is 5.16 Å². The van der Waals surface area contributed by atoms with Crippen molar-refractivity contribution in [1.82, 2.24) is 15.3 Å². The number of carbonyl (C=O) groups is 1. The largest absolute Gasteiger partial charge is 0.353 e. The molecular weight excluding hydrogens is 282 g/mol. The summed E-state index contributed by atoms with van der Waals surface area (Å²) < 4.78 is 0. The van der Waals surface area contributed by atoms with Crippen molar-refractivity contribution in [3.63, 3.8) is 0 Å². The van der Waals surface area contributed by atoms with Gasteiger partial charge in [-0.3, -0.25) is 4.79 Å². The van der Waals surface area contributed by atoms with Crippen molar-refractivity contribution in [2.24, 2.45) is 0 Å². The van der Waals surface area contributed by atoms with Gasteiger partial charge in [-0.15, -0.1) is 0 Å². The zero-order valence-electron chi connectivity index (χ0n) is 12.0. The molecule has 0 bridgehead atoms. The van der Waals surface area contributed by atoms with E-state index < -0.39 is 0 Å². The smallest absolute Gasteiger partial charge is 0.230 e. The van der Waals surface area contributed by atoms with Crippen molar-refractivity contribution in [2.75, 3.05) is 5.75 Å². The van der Waals surface area contributed by atoms with Crippen molar-refractivity contribution in [3.05, 3.63) is 54.4 Å². The molecule has 0 unspecified atom stereocenters. The first kappa shape index (κ1) is 15.5. The quantitative estimate of drug-likeness (QED) is 0.631. The molecule has 1 amide bonds. The molecule has 1 aromatic carbocycles. The van der Waals surface area contributed by atoms with Gasteiger partial charge < -0.3 is 5.32 Å². The molecule has 0 aliphatic carbocycles. The Balaban J connectivity index is 1.67. The lowest BCUT2D eigenvalue weighted by Gasteiger charge is -2.13. The van der Waals surface area contributed by atoms with Crippen molar-refractivity contribution < 1.29 is 4.79 Å². The van der Waals surface area contributed by atoms with E-state index in [0.717, 1.165) is 12.8 Å². The zero-order valence-corrected chi connectivity index (χ0v) is 12.8. The Kier molecular flexibility index (Phi) is 6.22. The van der Waals surface area contributed by atoms with Crippen molar-refractivity contribution >= 4 is 17.7 Å². The number of thioether (sulfide) groups is 1. The molecule has 5 heteroatoms. The molecule has 0 spiro atoms. The highest BCUT2D eigenvalue weighted by molar-refractivity contribution is 7.99. The van der Waals surface area contributed by atoms with Gasteiger partial charge in [-0.25, -0.2) is 9.97 Å². The highest BCUT2D eigenvalue weighted by Crippen LogP contribution is 2.10. The van der Waals surface area contributed by atoms with Gasteiger partial charge in [0, 0.05) is 18.4 Å². The highest BCUT2D eigenvalue weighted by Gasteiger charge is 2.08. The molecule has 0 fully saturated rings. The van der Waals surface area contributed by atoms with Crippen molar-refractivity contribution in [3.8, 4) is 0 Å². The van der Waals surface area contributed by atoms with Gasteiger partial charge in [0.25, 0.3) is 0 Å². The maximum atomic E-state index is 11.9. The van der Waals surface area contributed by atoms with Crippen LogP contribution < -0.4 is 5.32 Å². The Morgan fingerprint density at radius 1 is 1.19 bits per heavy atom. The number of carbonyl (C=O) groups excluding carboxylic acids is 1. The number of aromatic nitrogens is 2. The predicted octanol–water partition coefficient (Wildman–Crippen LogP) is 2.71. The fourth-order valence-electron chi connectivity index (χ4n) is 1.91. The van der Waals surface area contributed by atoms with Gasteiger partial charge in [-0.1, -0.05) is 42.1 Å². The fraction of sp³-hybridized carbons (Fsp3) is 0.312. The Morgan fingerprint density at radius 3 is 2.62 bits per heavy atom. The third kappa shape index (κ3) is 5.95. The van der Waals surface area contributed by atoms with Crippen LogP contribution in [-0.4, -0.2) is 27.7 Å². The Labute approximate surface area is 129 Å². The summed E-state index contributed by atoms with van der Waals surface area (Å²) in [6, 6.07) is 12.2.